The molecule has 2 aliphatic carbocycles. The van der Waals surface area contributed by atoms with Crippen LogP contribution >= 0.6 is 0 Å². The van der Waals surface area contributed by atoms with E-state index in [0.717, 1.165) is 24.5 Å². The number of benzene rings is 2. The molecule has 57 heavy (non-hydrogen) atoms. The van der Waals surface area contributed by atoms with Gasteiger partial charge in [-0.25, -0.2) is 24.8 Å². The lowest BCUT2D eigenvalue weighted by Crippen LogP contribution is -2.41. The minimum absolute atomic E-state index is 0.0110. The summed E-state index contributed by atoms with van der Waals surface area (Å²) in [6.45, 7) is 23.0. The summed E-state index contributed by atoms with van der Waals surface area (Å²) < 4.78 is 23.4. The van der Waals surface area contributed by atoms with Crippen LogP contribution in [-0.4, -0.2) is 81.1 Å². The van der Waals surface area contributed by atoms with Gasteiger partial charge in [0.25, 0.3) is 11.4 Å². The number of methoxy groups -OCH3 is 1. The van der Waals surface area contributed by atoms with Crippen LogP contribution in [0.4, 0.5) is 5.69 Å². The Hall–Kier alpha value is -7.16. The van der Waals surface area contributed by atoms with Crippen molar-refractivity contribution >= 4 is 46.1 Å². The molecule has 292 valence electrons. The van der Waals surface area contributed by atoms with Crippen LogP contribution in [0, 0.1) is 47.6 Å². The number of hydrogen-bond donors (Lipinski definition) is 0. The summed E-state index contributed by atoms with van der Waals surface area (Å²) in [5.74, 6) is -2.58. The third-order valence-corrected chi connectivity index (χ3v) is 9.46. The molecule has 0 aliphatic heterocycles. The number of hydrogen-bond acceptors (Lipinski definition) is 11. The first-order valence-electron chi connectivity index (χ1n) is 18.3. The quantitative estimate of drug-likeness (QED) is 0.100. The Morgan fingerprint density at radius 1 is 0.877 bits per heavy atom. The van der Waals surface area contributed by atoms with Gasteiger partial charge in [-0.3, -0.25) is 14.4 Å². The maximum atomic E-state index is 13.1. The number of ketones is 1. The summed E-state index contributed by atoms with van der Waals surface area (Å²) in [6, 6.07) is 13.7. The van der Waals surface area contributed by atoms with Crippen LogP contribution in [0.5, 0.6) is 11.5 Å². The van der Waals surface area contributed by atoms with E-state index in [1.54, 1.807) is 12.1 Å². The molecule has 2 aliphatic rings. The third kappa shape index (κ3) is 10.1. The lowest BCUT2D eigenvalue weighted by molar-refractivity contribution is -0.524. The van der Waals surface area contributed by atoms with Crippen molar-refractivity contribution in [2.75, 3.05) is 58.0 Å². The molecule has 1 unspecified atom stereocenters. The summed E-state index contributed by atoms with van der Waals surface area (Å²) >= 11 is 0. The van der Waals surface area contributed by atoms with E-state index in [2.05, 4.69) is 28.4 Å². The van der Waals surface area contributed by atoms with Crippen molar-refractivity contribution in [3.05, 3.63) is 105 Å². The van der Waals surface area contributed by atoms with Gasteiger partial charge in [-0.1, -0.05) is 24.3 Å². The van der Waals surface area contributed by atoms with Gasteiger partial charge in [-0.2, -0.15) is 0 Å². The predicted octanol–water partition coefficient (Wildman–Crippen LogP) is 3.08. The van der Waals surface area contributed by atoms with Crippen molar-refractivity contribution < 1.29 is 43.0 Å². The van der Waals surface area contributed by atoms with E-state index in [0.29, 0.717) is 18.7 Å². The highest BCUT2D eigenvalue weighted by Gasteiger charge is 2.38. The van der Waals surface area contributed by atoms with Crippen molar-refractivity contribution in [3.63, 3.8) is 0 Å². The van der Waals surface area contributed by atoms with Crippen molar-refractivity contribution in [2.45, 2.75) is 33.6 Å². The van der Waals surface area contributed by atoms with Crippen LogP contribution in [0.3, 0.4) is 0 Å². The molecule has 0 bridgehead atoms. The van der Waals surface area contributed by atoms with Gasteiger partial charge in [-0.05, 0) is 50.6 Å². The molecule has 0 fully saturated rings. The number of nitrogens with zero attached hydrogens (tertiary/aromatic N) is 6. The van der Waals surface area contributed by atoms with E-state index in [1.807, 2.05) is 60.1 Å². The van der Waals surface area contributed by atoms with Crippen LogP contribution in [0.2, 0.25) is 0 Å². The Balaban J connectivity index is 1.24. The van der Waals surface area contributed by atoms with Gasteiger partial charge in [0.2, 0.25) is 0 Å². The predicted molar refractivity (Wildman–Crippen MR) is 208 cm³/mol. The molecule has 0 heterocycles. The zero-order chi connectivity index (χ0) is 41.5. The second-order valence-corrected chi connectivity index (χ2v) is 12.6. The molecule has 14 nitrogen and oxygen atoms in total. The zero-order valence-corrected chi connectivity index (χ0v) is 32.2. The second kappa shape index (κ2) is 20.5. The number of carbonyl (C=O) groups is 3. The van der Waals surface area contributed by atoms with Crippen LogP contribution in [0.25, 0.3) is 26.7 Å². The fourth-order valence-electron chi connectivity index (χ4n) is 6.41. The van der Waals surface area contributed by atoms with Crippen molar-refractivity contribution in [1.29, 1.82) is 10.5 Å². The van der Waals surface area contributed by atoms with Gasteiger partial charge in [0.05, 0.1) is 45.2 Å². The summed E-state index contributed by atoms with van der Waals surface area (Å²) in [5, 5.41) is 32.1. The number of Topliss-reactive ketones (excluding diaryl/α,β-unsaturated/α-hetero) is 1. The summed E-state index contributed by atoms with van der Waals surface area (Å²) in [7, 11) is 1.32. The number of anilines is 1. The minimum atomic E-state index is -0.749. The molecule has 0 amide bonds. The van der Waals surface area contributed by atoms with Crippen molar-refractivity contribution in [1.82, 2.24) is 0 Å². The van der Waals surface area contributed by atoms with Crippen LogP contribution in [-0.2, 0) is 23.9 Å². The molecule has 0 radical (unpaired) electrons. The fraction of sp³-hybridized carbons (Fsp3) is 0.349. The molecule has 2 aromatic carbocycles. The van der Waals surface area contributed by atoms with E-state index < -0.39 is 17.9 Å². The van der Waals surface area contributed by atoms with E-state index >= 15 is 0 Å². The normalized spacial score (nSPS) is 16.5. The van der Waals surface area contributed by atoms with Gasteiger partial charge in [0.15, 0.2) is 18.0 Å². The van der Waals surface area contributed by atoms with E-state index in [9.17, 15) is 30.0 Å². The summed E-state index contributed by atoms with van der Waals surface area (Å²) in [6.07, 6.45) is 6.97. The monoisotopic (exact) mass is 770 g/mol. The van der Waals surface area contributed by atoms with Crippen LogP contribution < -0.4 is 29.9 Å². The van der Waals surface area contributed by atoms with Gasteiger partial charge in [0.1, 0.15) is 37.9 Å². The third-order valence-electron chi connectivity index (χ3n) is 9.46. The number of rotatable bonds is 17. The standard InChI is InChI=1S/C43H42N6O8/c1-7-48(8-2)30-14-10-28(11-15-30)40-42(52)41(43(40)53)29-12-16-31(17-13-29)49(9-3)20-21-56-38(50)18-19-39(51)57-23-22-55-37-25-32(34(26-44)46-4)36(54-6)24-33(37)35(27-45)47-5/h10-17,24-25,29,41H,7-9,18-23H2,1-3,6H3/b34-32+,35-33-,49-31?. The summed E-state index contributed by atoms with van der Waals surface area (Å²) in [5.41, 5.74) is 2.17. The van der Waals surface area contributed by atoms with E-state index in [4.69, 9.17) is 32.1 Å². The Labute approximate surface area is 331 Å². The molecule has 14 heteroatoms. The highest BCUT2D eigenvalue weighted by Crippen LogP contribution is 2.41. The van der Waals surface area contributed by atoms with E-state index in [-0.39, 0.29) is 89.0 Å². The highest BCUT2D eigenvalue weighted by molar-refractivity contribution is 6.29. The van der Waals surface area contributed by atoms with Crippen molar-refractivity contribution in [2.24, 2.45) is 11.8 Å². The molecule has 0 aromatic heterocycles. The molecular weight excluding hydrogens is 729 g/mol. The second-order valence-electron chi connectivity index (χ2n) is 12.6. The molecule has 1 atom stereocenters. The largest absolute Gasteiger partial charge is 0.874 e. The average Bonchev–Trinajstić information content (AvgIpc) is 3.23. The van der Waals surface area contributed by atoms with Gasteiger partial charge in [0, 0.05) is 58.8 Å². The smallest absolute Gasteiger partial charge is 0.306 e. The minimum Gasteiger partial charge on any atom is -0.874 e. The average molecular weight is 771 g/mol. The molecule has 0 saturated carbocycles. The number of likely N-dealkylation sites (N-methyl/N-ethyl adjacent to an activating group) is 1. The Kier molecular flexibility index (Phi) is 15.3. The molecule has 0 saturated heterocycles. The van der Waals surface area contributed by atoms with Gasteiger partial charge >= 0.3 is 11.9 Å². The molecule has 0 spiro atoms. The lowest BCUT2D eigenvalue weighted by atomic mass is 9.71. The maximum absolute atomic E-state index is 13.1. The number of nitriles is 2. The highest BCUT2D eigenvalue weighted by atomic mass is 16.6. The molecule has 4 rings (SSSR count). The number of allylic oxidation sites excluding steroid dienone is 6. The molecule has 0 N–H and O–H groups in total. The Morgan fingerprint density at radius 2 is 1.44 bits per heavy atom. The zero-order valence-electron chi connectivity index (χ0n) is 32.2. The van der Waals surface area contributed by atoms with Crippen molar-refractivity contribution in [3.8, 4) is 23.6 Å². The molecule has 2 aromatic rings. The fourth-order valence-corrected chi connectivity index (χ4v) is 6.41. The molecular formula is C43H42N6O8. The van der Waals surface area contributed by atoms with Crippen LogP contribution in [0.15, 0.2) is 66.5 Å². The van der Waals surface area contributed by atoms with Crippen LogP contribution in [0.1, 0.15) is 39.2 Å². The Morgan fingerprint density at radius 3 is 1.95 bits per heavy atom. The lowest BCUT2D eigenvalue weighted by Gasteiger charge is -2.40. The SMILES string of the molecule is [C-]#[N+]/C(C#N)=c1/cc(OC)/c(=C(\C#N)[N+]#[C-])cc1OCCOC(=O)CCC(=O)OCC[N+](CC)=C1C=CC(C2C(=O)C(c3ccc(N(CC)CC)cc3)=C2[O-])C=C1. The van der Waals surface area contributed by atoms with Gasteiger partial charge in [-0.15, -0.1) is 5.76 Å². The Bertz CT molecular complexity index is 2260. The number of carbonyl (C=O) groups excluding carboxylic acids is 3. The summed E-state index contributed by atoms with van der Waals surface area (Å²) in [4.78, 5) is 46.4. The first-order chi connectivity index (χ1) is 27.6. The topological polar surface area (TPSA) is 174 Å². The van der Waals surface area contributed by atoms with Gasteiger partial charge < -0.3 is 29.0 Å². The number of esters is 2. The van der Waals surface area contributed by atoms with E-state index in [1.165, 1.54) is 19.2 Å². The first-order valence-corrected chi connectivity index (χ1v) is 18.3. The maximum Gasteiger partial charge on any atom is 0.306 e. The number of ether oxygens (including phenoxy) is 4. The first kappa shape index (κ1) is 42.6.